The van der Waals surface area contributed by atoms with Gasteiger partial charge in [0.05, 0.1) is 6.33 Å². The van der Waals surface area contributed by atoms with Crippen molar-refractivity contribution in [2.24, 2.45) is 0 Å². The Morgan fingerprint density at radius 3 is 2.94 bits per heavy atom. The summed E-state index contributed by atoms with van der Waals surface area (Å²) in [7, 11) is 0. The number of piperidine rings is 1. The van der Waals surface area contributed by atoms with E-state index in [4.69, 9.17) is 0 Å². The smallest absolute Gasteiger partial charge is 0.266 e. The zero-order valence-electron chi connectivity index (χ0n) is 9.71. The van der Waals surface area contributed by atoms with Crippen molar-refractivity contribution in [1.82, 2.24) is 14.9 Å². The Morgan fingerprint density at radius 1 is 1.41 bits per heavy atom. The van der Waals surface area contributed by atoms with Gasteiger partial charge in [0.15, 0.2) is 0 Å². The Kier molecular flexibility index (Phi) is 4.78. The van der Waals surface area contributed by atoms with Crippen LogP contribution in [0.3, 0.4) is 0 Å². The summed E-state index contributed by atoms with van der Waals surface area (Å²) < 4.78 is 0.628. The van der Waals surface area contributed by atoms with Crippen molar-refractivity contribution < 1.29 is 0 Å². The normalized spacial score (nSPS) is 17.0. The van der Waals surface area contributed by atoms with E-state index in [1.54, 1.807) is 0 Å². The van der Waals surface area contributed by atoms with Crippen LogP contribution in [0.5, 0.6) is 0 Å². The van der Waals surface area contributed by atoms with Gasteiger partial charge in [0.2, 0.25) is 0 Å². The zero-order valence-corrected chi connectivity index (χ0v) is 11.9. The van der Waals surface area contributed by atoms with E-state index in [0.717, 1.165) is 13.1 Å². The minimum Gasteiger partial charge on any atom is -0.368 e. The average molecular weight is 348 g/mol. The molecule has 6 heteroatoms. The summed E-state index contributed by atoms with van der Waals surface area (Å²) >= 11 is 2.02. The lowest BCUT2D eigenvalue weighted by atomic mass is 10.1. The summed E-state index contributed by atoms with van der Waals surface area (Å²) in [6.45, 7) is 4.25. The molecule has 17 heavy (non-hydrogen) atoms. The Labute approximate surface area is 114 Å². The van der Waals surface area contributed by atoms with Crippen LogP contribution >= 0.6 is 22.6 Å². The molecule has 0 spiro atoms. The molecule has 2 N–H and O–H groups in total. The van der Waals surface area contributed by atoms with Gasteiger partial charge in [-0.1, -0.05) is 6.42 Å². The third-order valence-electron chi connectivity index (χ3n) is 2.97. The van der Waals surface area contributed by atoms with Gasteiger partial charge in [-0.15, -0.1) is 0 Å². The summed E-state index contributed by atoms with van der Waals surface area (Å²) in [6, 6.07) is 0. The number of aromatic amines is 1. The minimum atomic E-state index is -0.0823. The third kappa shape index (κ3) is 3.67. The van der Waals surface area contributed by atoms with Gasteiger partial charge < -0.3 is 15.2 Å². The second kappa shape index (κ2) is 6.34. The third-order valence-corrected chi connectivity index (χ3v) is 3.97. The van der Waals surface area contributed by atoms with Gasteiger partial charge in [0, 0.05) is 13.1 Å². The molecule has 0 saturated carbocycles. The Bertz CT molecular complexity index is 414. The molecule has 0 aromatic carbocycles. The van der Waals surface area contributed by atoms with Gasteiger partial charge in [-0.3, -0.25) is 4.79 Å². The average Bonchev–Trinajstić information content (AvgIpc) is 2.36. The first kappa shape index (κ1) is 12.8. The molecule has 1 saturated heterocycles. The molecule has 1 aliphatic heterocycles. The molecular formula is C11H17IN4O. The summed E-state index contributed by atoms with van der Waals surface area (Å²) in [4.78, 5) is 20.5. The van der Waals surface area contributed by atoms with Crippen LogP contribution in [0.15, 0.2) is 11.1 Å². The maximum Gasteiger partial charge on any atom is 0.266 e. The highest BCUT2D eigenvalue weighted by molar-refractivity contribution is 14.1. The topological polar surface area (TPSA) is 61.0 Å². The van der Waals surface area contributed by atoms with E-state index in [9.17, 15) is 4.79 Å². The van der Waals surface area contributed by atoms with Gasteiger partial charge in [-0.2, -0.15) is 0 Å². The van der Waals surface area contributed by atoms with E-state index in [-0.39, 0.29) is 5.56 Å². The maximum atomic E-state index is 11.4. The molecule has 0 aliphatic carbocycles. The Morgan fingerprint density at radius 2 is 2.18 bits per heavy atom. The number of hydrogen-bond donors (Lipinski definition) is 2. The number of aromatic nitrogens is 2. The molecule has 0 amide bonds. The zero-order chi connectivity index (χ0) is 12.1. The van der Waals surface area contributed by atoms with Crippen molar-refractivity contribution in [2.75, 3.05) is 31.5 Å². The Hall–Kier alpha value is -0.630. The van der Waals surface area contributed by atoms with Crippen LogP contribution in [-0.2, 0) is 0 Å². The van der Waals surface area contributed by atoms with Crippen molar-refractivity contribution in [1.29, 1.82) is 0 Å². The van der Waals surface area contributed by atoms with Crippen molar-refractivity contribution in [3.63, 3.8) is 0 Å². The number of halogens is 1. The lowest BCUT2D eigenvalue weighted by Gasteiger charge is -2.26. The molecule has 0 unspecified atom stereocenters. The van der Waals surface area contributed by atoms with Crippen LogP contribution in [0.4, 0.5) is 5.82 Å². The number of nitrogens with one attached hydrogen (secondary N) is 2. The number of nitrogens with zero attached hydrogens (tertiary/aromatic N) is 2. The fourth-order valence-electron chi connectivity index (χ4n) is 2.02. The summed E-state index contributed by atoms with van der Waals surface area (Å²) in [5.74, 6) is 0.686. The number of H-pyrrole nitrogens is 1. The molecule has 2 heterocycles. The van der Waals surface area contributed by atoms with E-state index < -0.39 is 0 Å². The second-order valence-corrected chi connectivity index (χ2v) is 5.30. The SMILES string of the molecule is O=c1[nH]cnc(NCCN2CCCCC2)c1I. The predicted molar refractivity (Wildman–Crippen MR) is 76.4 cm³/mol. The highest BCUT2D eigenvalue weighted by atomic mass is 127. The molecular weight excluding hydrogens is 331 g/mol. The lowest BCUT2D eigenvalue weighted by molar-refractivity contribution is 0.237. The molecule has 5 nitrogen and oxygen atoms in total. The van der Waals surface area contributed by atoms with Gasteiger partial charge in [-0.05, 0) is 48.5 Å². The molecule has 0 atom stereocenters. The van der Waals surface area contributed by atoms with E-state index in [1.807, 2.05) is 22.6 Å². The van der Waals surface area contributed by atoms with Crippen molar-refractivity contribution in [2.45, 2.75) is 19.3 Å². The van der Waals surface area contributed by atoms with Crippen LogP contribution < -0.4 is 10.9 Å². The fourth-order valence-corrected chi connectivity index (χ4v) is 2.51. The van der Waals surface area contributed by atoms with Crippen LogP contribution in [0.2, 0.25) is 0 Å². The van der Waals surface area contributed by atoms with E-state index >= 15 is 0 Å². The van der Waals surface area contributed by atoms with Crippen LogP contribution in [0.25, 0.3) is 0 Å². The molecule has 2 rings (SSSR count). The van der Waals surface area contributed by atoms with Crippen LogP contribution in [-0.4, -0.2) is 41.0 Å². The largest absolute Gasteiger partial charge is 0.368 e. The maximum absolute atomic E-state index is 11.4. The molecule has 1 fully saturated rings. The highest BCUT2D eigenvalue weighted by Gasteiger charge is 2.10. The van der Waals surface area contributed by atoms with Crippen LogP contribution in [0.1, 0.15) is 19.3 Å². The monoisotopic (exact) mass is 348 g/mol. The standard InChI is InChI=1S/C11H17IN4O/c12-9-10(14-8-15-11(9)17)13-4-7-16-5-2-1-3-6-16/h8H,1-7H2,(H2,13,14,15,17). The predicted octanol–water partition coefficient (Wildman–Crippen LogP) is 1.27. The molecule has 94 valence electrons. The van der Waals surface area contributed by atoms with Gasteiger partial charge in [-0.25, -0.2) is 4.98 Å². The first-order valence-electron chi connectivity index (χ1n) is 5.97. The molecule has 1 aromatic heterocycles. The molecule has 0 bridgehead atoms. The minimum absolute atomic E-state index is 0.0823. The highest BCUT2D eigenvalue weighted by Crippen LogP contribution is 2.10. The fraction of sp³-hybridized carbons (Fsp3) is 0.636. The van der Waals surface area contributed by atoms with Gasteiger partial charge in [0.1, 0.15) is 9.39 Å². The quantitative estimate of drug-likeness (QED) is 0.805. The molecule has 1 aliphatic rings. The summed E-state index contributed by atoms with van der Waals surface area (Å²) in [5.41, 5.74) is -0.0823. The second-order valence-electron chi connectivity index (χ2n) is 4.22. The van der Waals surface area contributed by atoms with Gasteiger partial charge in [0.25, 0.3) is 5.56 Å². The van der Waals surface area contributed by atoms with Crippen molar-refractivity contribution in [3.8, 4) is 0 Å². The summed E-state index contributed by atoms with van der Waals surface area (Å²) in [6.07, 6.45) is 5.41. The Balaban J connectivity index is 1.81. The summed E-state index contributed by atoms with van der Waals surface area (Å²) in [5, 5.41) is 3.22. The lowest BCUT2D eigenvalue weighted by Crippen LogP contribution is -2.34. The van der Waals surface area contributed by atoms with E-state index in [1.165, 1.54) is 38.7 Å². The molecule has 1 aromatic rings. The number of hydrogen-bond acceptors (Lipinski definition) is 4. The van der Waals surface area contributed by atoms with Crippen molar-refractivity contribution >= 4 is 28.4 Å². The van der Waals surface area contributed by atoms with E-state index in [2.05, 4.69) is 20.2 Å². The number of likely N-dealkylation sites (tertiary alicyclic amines) is 1. The number of rotatable bonds is 4. The first-order chi connectivity index (χ1) is 8.27. The van der Waals surface area contributed by atoms with E-state index in [0.29, 0.717) is 9.39 Å². The van der Waals surface area contributed by atoms with Crippen LogP contribution in [0, 0.1) is 3.57 Å². The van der Waals surface area contributed by atoms with Gasteiger partial charge >= 0.3 is 0 Å². The number of anilines is 1. The molecule has 0 radical (unpaired) electrons. The first-order valence-corrected chi connectivity index (χ1v) is 7.04. The van der Waals surface area contributed by atoms with Crippen molar-refractivity contribution in [3.05, 3.63) is 20.3 Å².